The number of hydrogen-bond acceptors (Lipinski definition) is 5. The third kappa shape index (κ3) is 3.12. The second-order valence-corrected chi connectivity index (χ2v) is 4.60. The molecule has 0 radical (unpaired) electrons. The van der Waals surface area contributed by atoms with Crippen LogP contribution in [0.15, 0.2) is 30.5 Å². The molecular weight excluding hydrogens is 296 g/mol. The first-order chi connectivity index (χ1) is 10.1. The summed E-state index contributed by atoms with van der Waals surface area (Å²) < 4.78 is 4.50. The number of nitrogens with one attached hydrogen (secondary N) is 1. The lowest BCUT2D eigenvalue weighted by atomic mass is 10.1. The van der Waals surface area contributed by atoms with Gasteiger partial charge >= 0.3 is 5.97 Å². The van der Waals surface area contributed by atoms with Crippen LogP contribution in [0, 0.1) is 0 Å². The quantitative estimate of drug-likeness (QED) is 0.653. The number of pyridine rings is 1. The summed E-state index contributed by atoms with van der Waals surface area (Å²) in [5.41, 5.74) is 0.261. The Kier molecular flexibility index (Phi) is 4.72. The van der Waals surface area contributed by atoms with Crippen LogP contribution in [-0.2, 0) is 9.53 Å². The van der Waals surface area contributed by atoms with Crippen molar-refractivity contribution in [1.29, 1.82) is 0 Å². The normalized spacial score (nSPS) is 12.0. The smallest absolute Gasteiger partial charge is 0.330 e. The Hall–Kier alpha value is -2.18. The van der Waals surface area contributed by atoms with E-state index < -0.39 is 24.5 Å². The largest absolute Gasteiger partial charge is 0.467 e. The fourth-order valence-corrected chi connectivity index (χ4v) is 2.11. The van der Waals surface area contributed by atoms with Crippen molar-refractivity contribution in [3.63, 3.8) is 0 Å². The molecule has 0 spiro atoms. The number of benzene rings is 1. The molecule has 1 unspecified atom stereocenters. The zero-order valence-corrected chi connectivity index (χ0v) is 11.9. The van der Waals surface area contributed by atoms with Crippen molar-refractivity contribution in [2.24, 2.45) is 0 Å². The zero-order chi connectivity index (χ0) is 15.4. The summed E-state index contributed by atoms with van der Waals surface area (Å²) in [6.07, 6.45) is 1.33. The molecule has 1 atom stereocenters. The van der Waals surface area contributed by atoms with E-state index in [1.54, 1.807) is 24.3 Å². The highest BCUT2D eigenvalue weighted by atomic mass is 35.5. The summed E-state index contributed by atoms with van der Waals surface area (Å²) in [4.78, 5) is 27.6. The van der Waals surface area contributed by atoms with Crippen molar-refractivity contribution in [1.82, 2.24) is 10.3 Å². The fraction of sp³-hybridized carbons (Fsp3) is 0.214. The number of amides is 1. The van der Waals surface area contributed by atoms with Crippen molar-refractivity contribution in [3.05, 3.63) is 41.2 Å². The first-order valence-corrected chi connectivity index (χ1v) is 6.49. The number of esters is 1. The van der Waals surface area contributed by atoms with Gasteiger partial charge in [0.2, 0.25) is 0 Å². The predicted molar refractivity (Wildman–Crippen MR) is 77.1 cm³/mol. The van der Waals surface area contributed by atoms with Gasteiger partial charge < -0.3 is 15.2 Å². The average Bonchev–Trinajstić information content (AvgIpc) is 2.52. The summed E-state index contributed by atoms with van der Waals surface area (Å²) in [7, 11) is 1.18. The fourth-order valence-electron chi connectivity index (χ4n) is 1.90. The minimum atomic E-state index is -1.13. The molecule has 0 aliphatic carbocycles. The number of rotatable bonds is 4. The van der Waals surface area contributed by atoms with Gasteiger partial charge in [-0.2, -0.15) is 0 Å². The maximum atomic E-state index is 12.2. The molecular formula is C14H13ClN2O4. The van der Waals surface area contributed by atoms with Crippen molar-refractivity contribution < 1.29 is 19.4 Å². The van der Waals surface area contributed by atoms with Crippen molar-refractivity contribution in [2.75, 3.05) is 13.7 Å². The standard InChI is InChI=1S/C14H13ClN2O4/c1-21-14(20)11(7-18)17-13(19)10-6-16-12(15)9-5-3-2-4-8(9)10/h2-6,11,18H,7H2,1H3,(H,17,19). The van der Waals surface area contributed by atoms with Crippen LogP contribution in [0.5, 0.6) is 0 Å². The maximum Gasteiger partial charge on any atom is 0.330 e. The highest BCUT2D eigenvalue weighted by Crippen LogP contribution is 2.24. The molecule has 0 bridgehead atoms. The number of hydrogen-bond donors (Lipinski definition) is 2. The average molecular weight is 309 g/mol. The van der Waals surface area contributed by atoms with E-state index in [1.807, 2.05) is 0 Å². The number of aromatic nitrogens is 1. The van der Waals surface area contributed by atoms with Crippen LogP contribution in [0.25, 0.3) is 10.8 Å². The number of halogens is 1. The van der Waals surface area contributed by atoms with Crippen LogP contribution in [0.2, 0.25) is 5.15 Å². The highest BCUT2D eigenvalue weighted by Gasteiger charge is 2.22. The molecule has 1 amide bonds. The Morgan fingerprint density at radius 3 is 2.67 bits per heavy atom. The molecule has 2 N–H and O–H groups in total. The Morgan fingerprint density at radius 1 is 1.38 bits per heavy atom. The number of methoxy groups -OCH3 is 1. The van der Waals surface area contributed by atoms with Crippen LogP contribution in [-0.4, -0.2) is 41.7 Å². The van der Waals surface area contributed by atoms with E-state index >= 15 is 0 Å². The molecule has 110 valence electrons. The second-order valence-electron chi connectivity index (χ2n) is 4.24. The van der Waals surface area contributed by atoms with E-state index in [0.717, 1.165) is 0 Å². The molecule has 0 saturated carbocycles. The Balaban J connectivity index is 2.36. The van der Waals surface area contributed by atoms with Crippen LogP contribution in [0.3, 0.4) is 0 Å². The van der Waals surface area contributed by atoms with E-state index in [1.165, 1.54) is 13.3 Å². The van der Waals surface area contributed by atoms with Gasteiger partial charge in [0.1, 0.15) is 5.15 Å². The Bertz CT molecular complexity index is 690. The van der Waals surface area contributed by atoms with Crippen molar-refractivity contribution in [2.45, 2.75) is 6.04 Å². The van der Waals surface area contributed by atoms with Crippen LogP contribution in [0.1, 0.15) is 10.4 Å². The van der Waals surface area contributed by atoms with Gasteiger partial charge in [0.15, 0.2) is 6.04 Å². The van der Waals surface area contributed by atoms with Crippen LogP contribution >= 0.6 is 11.6 Å². The predicted octanol–water partition coefficient (Wildman–Crippen LogP) is 1.15. The maximum absolute atomic E-state index is 12.2. The van der Waals surface area contributed by atoms with Crippen molar-refractivity contribution >= 4 is 34.2 Å². The molecule has 1 heterocycles. The zero-order valence-electron chi connectivity index (χ0n) is 11.2. The summed E-state index contributed by atoms with van der Waals surface area (Å²) in [6, 6.07) is 5.88. The van der Waals surface area contributed by atoms with Gasteiger partial charge in [-0.05, 0) is 5.39 Å². The molecule has 0 saturated heterocycles. The SMILES string of the molecule is COC(=O)C(CO)NC(=O)c1cnc(Cl)c2ccccc12. The summed E-state index contributed by atoms with van der Waals surface area (Å²) in [6.45, 7) is -0.558. The van der Waals surface area contributed by atoms with E-state index in [2.05, 4.69) is 15.0 Å². The third-order valence-electron chi connectivity index (χ3n) is 2.96. The number of carbonyl (C=O) groups excluding carboxylic acids is 2. The molecule has 21 heavy (non-hydrogen) atoms. The van der Waals surface area contributed by atoms with Crippen LogP contribution in [0.4, 0.5) is 0 Å². The lowest BCUT2D eigenvalue weighted by Crippen LogP contribution is -2.44. The molecule has 0 aliphatic rings. The van der Waals surface area contributed by atoms with E-state index in [4.69, 9.17) is 16.7 Å². The number of ether oxygens (including phenoxy) is 1. The van der Waals surface area contributed by atoms with Crippen molar-refractivity contribution in [3.8, 4) is 0 Å². The summed E-state index contributed by atoms with van der Waals surface area (Å²) in [5.74, 6) is -1.27. The molecule has 2 aromatic rings. The van der Waals surface area contributed by atoms with Gasteiger partial charge in [0.25, 0.3) is 5.91 Å². The van der Waals surface area contributed by atoms with E-state index in [0.29, 0.717) is 10.8 Å². The van der Waals surface area contributed by atoms with E-state index in [-0.39, 0.29) is 10.7 Å². The van der Waals surface area contributed by atoms with Gasteiger partial charge in [-0.3, -0.25) is 4.79 Å². The number of aliphatic hydroxyl groups is 1. The van der Waals surface area contributed by atoms with Gasteiger partial charge in [0, 0.05) is 11.6 Å². The van der Waals surface area contributed by atoms with Crippen LogP contribution < -0.4 is 5.32 Å². The number of nitrogens with zero attached hydrogens (tertiary/aromatic N) is 1. The van der Waals surface area contributed by atoms with Gasteiger partial charge in [-0.15, -0.1) is 0 Å². The summed E-state index contributed by atoms with van der Waals surface area (Å²) in [5, 5.41) is 13.1. The monoisotopic (exact) mass is 308 g/mol. The van der Waals surface area contributed by atoms with Gasteiger partial charge in [-0.25, -0.2) is 9.78 Å². The second kappa shape index (κ2) is 6.51. The Morgan fingerprint density at radius 2 is 2.05 bits per heavy atom. The molecule has 0 aliphatic heterocycles. The molecule has 6 nitrogen and oxygen atoms in total. The lowest BCUT2D eigenvalue weighted by molar-refractivity contribution is -0.143. The molecule has 7 heteroatoms. The third-order valence-corrected chi connectivity index (χ3v) is 3.27. The minimum Gasteiger partial charge on any atom is -0.467 e. The first kappa shape index (κ1) is 15.2. The minimum absolute atomic E-state index is 0.261. The molecule has 1 aromatic heterocycles. The molecule has 0 fully saturated rings. The lowest BCUT2D eigenvalue weighted by Gasteiger charge is -2.14. The number of fused-ring (bicyclic) bond motifs is 1. The number of aliphatic hydroxyl groups excluding tert-OH is 1. The first-order valence-electron chi connectivity index (χ1n) is 6.11. The molecule has 2 rings (SSSR count). The van der Waals surface area contributed by atoms with Gasteiger partial charge in [0.05, 0.1) is 19.3 Å². The van der Waals surface area contributed by atoms with E-state index in [9.17, 15) is 9.59 Å². The Labute approximate surface area is 125 Å². The summed E-state index contributed by atoms with van der Waals surface area (Å²) >= 11 is 5.98. The topological polar surface area (TPSA) is 88.5 Å². The van der Waals surface area contributed by atoms with Gasteiger partial charge in [-0.1, -0.05) is 35.9 Å². The molecule has 1 aromatic carbocycles. The highest BCUT2D eigenvalue weighted by molar-refractivity contribution is 6.34. The number of carbonyl (C=O) groups is 2.